The number of amides is 2. The highest BCUT2D eigenvalue weighted by molar-refractivity contribution is 7.99. The van der Waals surface area contributed by atoms with E-state index in [0.29, 0.717) is 29.1 Å². The van der Waals surface area contributed by atoms with Crippen molar-refractivity contribution in [3.8, 4) is 11.5 Å². The number of hydrogen-bond acceptors (Lipinski definition) is 7. The summed E-state index contributed by atoms with van der Waals surface area (Å²) in [7, 11) is 0. The first-order chi connectivity index (χ1) is 11.2. The van der Waals surface area contributed by atoms with E-state index in [-0.39, 0.29) is 30.3 Å². The molecule has 23 heavy (non-hydrogen) atoms. The van der Waals surface area contributed by atoms with E-state index >= 15 is 0 Å². The summed E-state index contributed by atoms with van der Waals surface area (Å²) < 4.78 is 10.6. The lowest BCUT2D eigenvalue weighted by Gasteiger charge is -2.11. The number of guanidine groups is 1. The molecule has 5 rings (SSSR count). The van der Waals surface area contributed by atoms with Gasteiger partial charge in [-0.2, -0.15) is 0 Å². The van der Waals surface area contributed by atoms with Crippen molar-refractivity contribution in [2.75, 3.05) is 18.4 Å². The van der Waals surface area contributed by atoms with E-state index < -0.39 is 0 Å². The Balaban J connectivity index is 1.52. The van der Waals surface area contributed by atoms with Gasteiger partial charge in [-0.05, 0) is 23.8 Å². The number of fused-ring (bicyclic) bond motifs is 4. The summed E-state index contributed by atoms with van der Waals surface area (Å²) in [5.41, 5.74) is 1.05. The topological polar surface area (TPSA) is 71.4 Å². The van der Waals surface area contributed by atoms with Crippen molar-refractivity contribution < 1.29 is 19.1 Å². The van der Waals surface area contributed by atoms with Gasteiger partial charge in [0.05, 0.1) is 5.88 Å². The number of ether oxygens (including phenoxy) is 2. The maximum atomic E-state index is 12.5. The zero-order valence-corrected chi connectivity index (χ0v) is 12.7. The highest BCUT2D eigenvalue weighted by Crippen LogP contribution is 2.36. The third kappa shape index (κ3) is 1.75. The van der Waals surface area contributed by atoms with E-state index in [1.54, 1.807) is 30.0 Å². The average Bonchev–Trinajstić information content (AvgIpc) is 3.27. The smallest absolute Gasteiger partial charge is 0.286 e. The number of imide groups is 1. The summed E-state index contributed by atoms with van der Waals surface area (Å²) in [6.45, 7) is 0.201. The van der Waals surface area contributed by atoms with E-state index in [1.807, 2.05) is 11.0 Å². The lowest BCUT2D eigenvalue weighted by Crippen LogP contribution is -2.35. The van der Waals surface area contributed by atoms with Crippen LogP contribution < -0.4 is 9.47 Å². The number of carbonyl (C=O) groups is 2. The fourth-order valence-electron chi connectivity index (χ4n) is 3.05. The Kier molecular flexibility index (Phi) is 2.55. The number of thioether (sulfide) groups is 1. The van der Waals surface area contributed by atoms with Crippen LogP contribution in [0.1, 0.15) is 5.56 Å². The van der Waals surface area contributed by atoms with Gasteiger partial charge in [0.2, 0.25) is 12.8 Å². The molecule has 4 aliphatic rings. The SMILES string of the molecule is O=C1/C(=C\c2ccc3c(c2)OCO3)N=C2N1C(=O)[C@H]1CSCN21. The summed E-state index contributed by atoms with van der Waals surface area (Å²) in [4.78, 5) is 32.3. The molecule has 0 aromatic heterocycles. The second-order valence-electron chi connectivity index (χ2n) is 5.52. The van der Waals surface area contributed by atoms with E-state index in [4.69, 9.17) is 9.47 Å². The highest BCUT2D eigenvalue weighted by atomic mass is 32.2. The van der Waals surface area contributed by atoms with Crippen LogP contribution in [0.25, 0.3) is 6.08 Å². The Morgan fingerprint density at radius 1 is 1.26 bits per heavy atom. The molecular weight excluding hydrogens is 318 g/mol. The summed E-state index contributed by atoms with van der Waals surface area (Å²) in [6, 6.07) is 5.17. The molecule has 0 bridgehead atoms. The van der Waals surface area contributed by atoms with Gasteiger partial charge < -0.3 is 14.4 Å². The Bertz CT molecular complexity index is 819. The molecule has 0 unspecified atom stereocenters. The summed E-state index contributed by atoms with van der Waals surface area (Å²) >= 11 is 1.68. The minimum atomic E-state index is -0.359. The zero-order chi connectivity index (χ0) is 15.6. The molecule has 2 fully saturated rings. The molecular formula is C15H11N3O4S. The second-order valence-corrected chi connectivity index (χ2v) is 6.52. The van der Waals surface area contributed by atoms with Crippen molar-refractivity contribution in [3.63, 3.8) is 0 Å². The number of rotatable bonds is 1. The van der Waals surface area contributed by atoms with Crippen LogP contribution >= 0.6 is 11.8 Å². The second kappa shape index (κ2) is 4.51. The number of hydrogen-bond donors (Lipinski definition) is 0. The first kappa shape index (κ1) is 13.0. The van der Waals surface area contributed by atoms with Crippen molar-refractivity contribution in [2.24, 2.45) is 4.99 Å². The molecule has 7 nitrogen and oxygen atoms in total. The van der Waals surface area contributed by atoms with Gasteiger partial charge in [0, 0.05) is 5.75 Å². The van der Waals surface area contributed by atoms with Crippen LogP contribution in [0, 0.1) is 0 Å². The summed E-state index contributed by atoms with van der Waals surface area (Å²) in [6.07, 6.45) is 1.67. The quantitative estimate of drug-likeness (QED) is 0.562. The van der Waals surface area contributed by atoms with Crippen molar-refractivity contribution in [3.05, 3.63) is 29.5 Å². The molecule has 0 saturated carbocycles. The van der Waals surface area contributed by atoms with Crippen LogP contribution in [-0.4, -0.2) is 52.0 Å². The van der Waals surface area contributed by atoms with Crippen molar-refractivity contribution in [2.45, 2.75) is 6.04 Å². The third-order valence-corrected chi connectivity index (χ3v) is 5.20. The van der Waals surface area contributed by atoms with Gasteiger partial charge in [-0.25, -0.2) is 9.89 Å². The average molecular weight is 329 g/mol. The molecule has 1 aromatic rings. The van der Waals surface area contributed by atoms with Gasteiger partial charge in [0.15, 0.2) is 11.5 Å². The standard InChI is InChI=1S/C15H11N3O4S/c19-13-9(3-8-1-2-11-12(4-8)22-7-21-11)16-15-17-6-23-5-10(17)14(20)18(13)15/h1-4,10H,5-7H2/b9-3+/t10-/m1/s1. The molecule has 4 heterocycles. The van der Waals surface area contributed by atoms with Crippen LogP contribution in [0.4, 0.5) is 0 Å². The number of carbonyl (C=O) groups excluding carboxylic acids is 2. The van der Waals surface area contributed by atoms with Crippen molar-refractivity contribution in [1.82, 2.24) is 9.80 Å². The van der Waals surface area contributed by atoms with E-state index in [1.165, 1.54) is 4.90 Å². The van der Waals surface area contributed by atoms with Crippen LogP contribution in [0.2, 0.25) is 0 Å². The van der Waals surface area contributed by atoms with Gasteiger partial charge in [-0.1, -0.05) is 6.07 Å². The first-order valence-electron chi connectivity index (χ1n) is 7.15. The predicted octanol–water partition coefficient (Wildman–Crippen LogP) is 0.869. The van der Waals surface area contributed by atoms with Gasteiger partial charge >= 0.3 is 0 Å². The van der Waals surface area contributed by atoms with Crippen LogP contribution in [-0.2, 0) is 9.59 Å². The largest absolute Gasteiger partial charge is 0.454 e. The van der Waals surface area contributed by atoms with E-state index in [0.717, 1.165) is 5.56 Å². The number of aliphatic imine (C=N–C) groups is 1. The molecule has 1 atom stereocenters. The molecule has 0 N–H and O–H groups in total. The Morgan fingerprint density at radius 3 is 3.04 bits per heavy atom. The Morgan fingerprint density at radius 2 is 2.13 bits per heavy atom. The van der Waals surface area contributed by atoms with Gasteiger partial charge in [-0.15, -0.1) is 11.8 Å². The molecule has 0 spiro atoms. The molecule has 2 amide bonds. The van der Waals surface area contributed by atoms with Crippen molar-refractivity contribution >= 4 is 35.6 Å². The van der Waals surface area contributed by atoms with Crippen LogP contribution in [0.3, 0.4) is 0 Å². The molecule has 2 saturated heterocycles. The minimum Gasteiger partial charge on any atom is -0.454 e. The predicted molar refractivity (Wildman–Crippen MR) is 82.8 cm³/mol. The maximum absolute atomic E-state index is 12.5. The van der Waals surface area contributed by atoms with Gasteiger partial charge in [0.25, 0.3) is 11.8 Å². The lowest BCUT2D eigenvalue weighted by atomic mass is 10.1. The monoisotopic (exact) mass is 329 g/mol. The fourth-order valence-corrected chi connectivity index (χ4v) is 4.19. The maximum Gasteiger partial charge on any atom is 0.286 e. The zero-order valence-electron chi connectivity index (χ0n) is 11.9. The Hall–Kier alpha value is -2.48. The number of benzene rings is 1. The van der Waals surface area contributed by atoms with Crippen LogP contribution in [0.15, 0.2) is 28.9 Å². The van der Waals surface area contributed by atoms with Crippen molar-refractivity contribution in [1.29, 1.82) is 0 Å². The third-order valence-electron chi connectivity index (χ3n) is 4.19. The van der Waals surface area contributed by atoms with E-state index in [9.17, 15) is 9.59 Å². The molecule has 116 valence electrons. The van der Waals surface area contributed by atoms with E-state index in [2.05, 4.69) is 4.99 Å². The summed E-state index contributed by atoms with van der Waals surface area (Å²) in [5.74, 6) is 2.66. The molecule has 0 aliphatic carbocycles. The highest BCUT2D eigenvalue weighted by Gasteiger charge is 2.52. The van der Waals surface area contributed by atoms with Gasteiger partial charge in [0.1, 0.15) is 11.7 Å². The molecule has 1 aromatic carbocycles. The molecule has 0 radical (unpaired) electrons. The Labute approximate surface area is 135 Å². The minimum absolute atomic E-state index is 0.173. The van der Waals surface area contributed by atoms with Gasteiger partial charge in [-0.3, -0.25) is 9.59 Å². The lowest BCUT2D eigenvalue weighted by molar-refractivity contribution is -0.136. The molecule has 8 heteroatoms. The number of nitrogens with zero attached hydrogens (tertiary/aromatic N) is 3. The van der Waals surface area contributed by atoms with Crippen LogP contribution in [0.5, 0.6) is 11.5 Å². The first-order valence-corrected chi connectivity index (χ1v) is 8.30. The fraction of sp³-hybridized carbons (Fsp3) is 0.267. The molecule has 4 aliphatic heterocycles. The summed E-state index contributed by atoms with van der Waals surface area (Å²) in [5, 5.41) is 0. The normalized spacial score (nSPS) is 26.2.